The monoisotopic (exact) mass is 391 g/mol. The molecule has 3 aromatic rings. The van der Waals surface area contributed by atoms with Crippen LogP contribution in [0.1, 0.15) is 20.9 Å². The summed E-state index contributed by atoms with van der Waals surface area (Å²) in [7, 11) is 1.15. The number of carbonyl (C=O) groups excluding carboxylic acids is 2. The zero-order chi connectivity index (χ0) is 17.3. The van der Waals surface area contributed by atoms with E-state index in [1.807, 2.05) is 12.1 Å². The van der Waals surface area contributed by atoms with Crippen LogP contribution in [0.15, 0.2) is 51.4 Å². The Morgan fingerprint density at radius 1 is 1.21 bits per heavy atom. The van der Waals surface area contributed by atoms with Crippen molar-refractivity contribution in [3.8, 4) is 0 Å². The van der Waals surface area contributed by atoms with E-state index in [2.05, 4.69) is 26.0 Å². The van der Waals surface area contributed by atoms with E-state index in [0.29, 0.717) is 5.58 Å². The van der Waals surface area contributed by atoms with Crippen molar-refractivity contribution in [1.82, 2.24) is 0 Å². The molecular weight excluding hydrogens is 381 g/mol. The van der Waals surface area contributed by atoms with Gasteiger partial charge in [0.2, 0.25) is 0 Å². The van der Waals surface area contributed by atoms with Crippen LogP contribution in [0.4, 0.5) is 10.1 Å². The number of anilines is 1. The molecule has 122 valence electrons. The van der Waals surface area contributed by atoms with Crippen LogP contribution in [0.5, 0.6) is 0 Å². The molecule has 1 N–H and O–H groups in total. The van der Waals surface area contributed by atoms with Crippen LogP contribution < -0.4 is 5.32 Å². The van der Waals surface area contributed by atoms with Gasteiger partial charge in [0.15, 0.2) is 5.76 Å². The SMILES string of the molecule is COC(=O)c1cc(NC(=O)c2cc3cccc(Br)c3o2)ccc1F. The van der Waals surface area contributed by atoms with Gasteiger partial charge in [-0.3, -0.25) is 4.79 Å². The molecule has 0 fully saturated rings. The van der Waals surface area contributed by atoms with Gasteiger partial charge in [0, 0.05) is 11.1 Å². The third-order valence-electron chi connectivity index (χ3n) is 3.35. The van der Waals surface area contributed by atoms with E-state index in [1.165, 1.54) is 12.1 Å². The maximum absolute atomic E-state index is 13.6. The summed E-state index contributed by atoms with van der Waals surface area (Å²) in [5, 5.41) is 3.33. The van der Waals surface area contributed by atoms with Gasteiger partial charge in [-0.1, -0.05) is 12.1 Å². The number of benzene rings is 2. The summed E-state index contributed by atoms with van der Waals surface area (Å²) in [5.74, 6) is -1.97. The fourth-order valence-electron chi connectivity index (χ4n) is 2.20. The molecule has 0 aliphatic heterocycles. The number of amides is 1. The van der Waals surface area contributed by atoms with Gasteiger partial charge in [-0.15, -0.1) is 0 Å². The van der Waals surface area contributed by atoms with Gasteiger partial charge in [-0.2, -0.15) is 0 Å². The normalized spacial score (nSPS) is 10.6. The quantitative estimate of drug-likeness (QED) is 0.672. The lowest BCUT2D eigenvalue weighted by molar-refractivity contribution is 0.0595. The lowest BCUT2D eigenvalue weighted by atomic mass is 10.2. The molecular formula is C17H11BrFNO4. The molecule has 0 saturated carbocycles. The molecule has 1 aromatic heterocycles. The third-order valence-corrected chi connectivity index (χ3v) is 3.97. The molecule has 0 bridgehead atoms. The highest BCUT2D eigenvalue weighted by Crippen LogP contribution is 2.27. The fourth-order valence-corrected chi connectivity index (χ4v) is 2.66. The van der Waals surface area contributed by atoms with E-state index < -0.39 is 17.7 Å². The van der Waals surface area contributed by atoms with Crippen LogP contribution in [0.3, 0.4) is 0 Å². The predicted octanol–water partition coefficient (Wildman–Crippen LogP) is 4.37. The van der Waals surface area contributed by atoms with Crippen LogP contribution in [0.2, 0.25) is 0 Å². The lowest BCUT2D eigenvalue weighted by Crippen LogP contribution is -2.12. The van der Waals surface area contributed by atoms with Gasteiger partial charge in [-0.25, -0.2) is 9.18 Å². The number of furan rings is 1. The Morgan fingerprint density at radius 3 is 2.71 bits per heavy atom. The molecule has 0 spiro atoms. The van der Waals surface area contributed by atoms with Gasteiger partial charge in [0.1, 0.15) is 11.4 Å². The second-order valence-electron chi connectivity index (χ2n) is 4.91. The van der Waals surface area contributed by atoms with Crippen LogP contribution in [-0.2, 0) is 4.74 Å². The number of halogens is 2. The summed E-state index contributed by atoms with van der Waals surface area (Å²) in [6, 6.07) is 10.7. The number of carbonyl (C=O) groups is 2. The average molecular weight is 392 g/mol. The Labute approximate surface area is 144 Å². The molecule has 0 saturated heterocycles. The Balaban J connectivity index is 1.88. The second kappa shape index (κ2) is 6.45. The summed E-state index contributed by atoms with van der Waals surface area (Å²) in [6.07, 6.45) is 0. The molecule has 1 heterocycles. The molecule has 0 aliphatic rings. The number of fused-ring (bicyclic) bond motifs is 1. The molecule has 2 aromatic carbocycles. The minimum Gasteiger partial charge on any atom is -0.465 e. The van der Waals surface area contributed by atoms with Gasteiger partial charge in [0.25, 0.3) is 5.91 Å². The van der Waals surface area contributed by atoms with Crippen molar-refractivity contribution in [3.63, 3.8) is 0 Å². The van der Waals surface area contributed by atoms with Crippen LogP contribution in [-0.4, -0.2) is 19.0 Å². The Kier molecular flexibility index (Phi) is 4.35. The van der Waals surface area contributed by atoms with Gasteiger partial charge in [0.05, 0.1) is 17.1 Å². The minimum absolute atomic E-state index is 0.0980. The van der Waals surface area contributed by atoms with Crippen LogP contribution >= 0.6 is 15.9 Å². The molecule has 5 nitrogen and oxygen atoms in total. The zero-order valence-corrected chi connectivity index (χ0v) is 14.0. The number of methoxy groups -OCH3 is 1. The Hall–Kier alpha value is -2.67. The highest BCUT2D eigenvalue weighted by molar-refractivity contribution is 9.10. The van der Waals surface area contributed by atoms with Crippen LogP contribution in [0.25, 0.3) is 11.0 Å². The van der Waals surface area contributed by atoms with E-state index in [9.17, 15) is 14.0 Å². The number of esters is 1. The van der Waals surface area contributed by atoms with Crippen molar-refractivity contribution in [2.24, 2.45) is 0 Å². The number of ether oxygens (including phenoxy) is 1. The first-order chi connectivity index (χ1) is 11.5. The summed E-state index contributed by atoms with van der Waals surface area (Å²) in [6.45, 7) is 0. The van der Waals surface area contributed by atoms with Crippen LogP contribution in [0, 0.1) is 5.82 Å². The number of hydrogen-bond donors (Lipinski definition) is 1. The average Bonchev–Trinajstić information content (AvgIpc) is 3.01. The Bertz CT molecular complexity index is 951. The first kappa shape index (κ1) is 16.2. The Morgan fingerprint density at radius 2 is 2.00 bits per heavy atom. The fraction of sp³-hybridized carbons (Fsp3) is 0.0588. The van der Waals surface area contributed by atoms with Crippen molar-refractivity contribution in [2.45, 2.75) is 0 Å². The molecule has 1 amide bonds. The lowest BCUT2D eigenvalue weighted by Gasteiger charge is -2.06. The molecule has 7 heteroatoms. The number of rotatable bonds is 3. The highest BCUT2D eigenvalue weighted by Gasteiger charge is 2.17. The van der Waals surface area contributed by atoms with Gasteiger partial charge >= 0.3 is 5.97 Å². The molecule has 0 unspecified atom stereocenters. The minimum atomic E-state index is -0.823. The van der Waals surface area contributed by atoms with Gasteiger partial charge in [-0.05, 0) is 46.3 Å². The van der Waals surface area contributed by atoms with Gasteiger partial charge < -0.3 is 14.5 Å². The van der Waals surface area contributed by atoms with Crippen molar-refractivity contribution in [3.05, 3.63) is 64.1 Å². The largest absolute Gasteiger partial charge is 0.465 e. The van der Waals surface area contributed by atoms with Crippen molar-refractivity contribution in [2.75, 3.05) is 12.4 Å². The van der Waals surface area contributed by atoms with E-state index >= 15 is 0 Å². The first-order valence-electron chi connectivity index (χ1n) is 6.87. The van der Waals surface area contributed by atoms with E-state index in [-0.39, 0.29) is 17.0 Å². The number of nitrogens with one attached hydrogen (secondary N) is 1. The topological polar surface area (TPSA) is 68.5 Å². The highest BCUT2D eigenvalue weighted by atomic mass is 79.9. The first-order valence-corrected chi connectivity index (χ1v) is 7.66. The molecule has 0 radical (unpaired) electrons. The van der Waals surface area contributed by atoms with Crippen molar-refractivity contribution >= 4 is 44.5 Å². The summed E-state index contributed by atoms with van der Waals surface area (Å²) in [4.78, 5) is 23.8. The number of hydrogen-bond acceptors (Lipinski definition) is 4. The third kappa shape index (κ3) is 3.03. The zero-order valence-electron chi connectivity index (χ0n) is 12.4. The van der Waals surface area contributed by atoms with E-state index in [0.717, 1.165) is 23.0 Å². The summed E-state index contributed by atoms with van der Waals surface area (Å²) >= 11 is 3.35. The summed E-state index contributed by atoms with van der Waals surface area (Å²) < 4.78 is 24.4. The maximum Gasteiger partial charge on any atom is 0.340 e. The maximum atomic E-state index is 13.6. The van der Waals surface area contributed by atoms with Crippen molar-refractivity contribution < 1.29 is 23.1 Å². The standard InChI is InChI=1S/C17H11BrFNO4/c1-23-17(22)11-8-10(5-6-13(11)19)20-16(21)14-7-9-3-2-4-12(18)15(9)24-14/h2-8H,1H3,(H,20,21). The van der Waals surface area contributed by atoms with E-state index in [1.54, 1.807) is 12.1 Å². The predicted molar refractivity (Wildman–Crippen MR) is 89.6 cm³/mol. The second-order valence-corrected chi connectivity index (χ2v) is 5.76. The molecule has 3 rings (SSSR count). The van der Waals surface area contributed by atoms with Crippen molar-refractivity contribution in [1.29, 1.82) is 0 Å². The molecule has 24 heavy (non-hydrogen) atoms. The smallest absolute Gasteiger partial charge is 0.340 e. The number of para-hydroxylation sites is 1. The molecule has 0 atom stereocenters. The molecule has 0 aliphatic carbocycles. The van der Waals surface area contributed by atoms with E-state index in [4.69, 9.17) is 4.42 Å². The summed E-state index contributed by atoms with van der Waals surface area (Å²) in [5.41, 5.74) is 0.543.